The van der Waals surface area contributed by atoms with E-state index >= 15 is 0 Å². The van der Waals surface area contributed by atoms with Gasteiger partial charge in [-0.2, -0.15) is 4.39 Å². The molecule has 4 rings (SSSR count). The highest BCUT2D eigenvalue weighted by Gasteiger charge is 2.23. The van der Waals surface area contributed by atoms with Crippen LogP contribution in [0.3, 0.4) is 0 Å². The van der Waals surface area contributed by atoms with Gasteiger partial charge in [-0.3, -0.25) is 5.41 Å². The molecule has 1 heterocycles. The van der Waals surface area contributed by atoms with Gasteiger partial charge < -0.3 is 25.6 Å². The van der Waals surface area contributed by atoms with Gasteiger partial charge in [-0.05, 0) is 62.1 Å². The number of nitrogens with zero attached hydrogens (tertiary/aromatic N) is 2. The van der Waals surface area contributed by atoms with Gasteiger partial charge in [0.15, 0.2) is 11.5 Å². The van der Waals surface area contributed by atoms with E-state index in [9.17, 15) is 9.50 Å². The zero-order chi connectivity index (χ0) is 23.4. The SMILES string of the molecule is COc1cccc(Oc2ccc(C(=N)c3c(N)ncnc3NC3CCC(O)CC3)cc2)c1F. The molecule has 0 radical (unpaired) electrons. The number of methoxy groups -OCH3 is 1. The molecule has 33 heavy (non-hydrogen) atoms. The Morgan fingerprint density at radius 1 is 1.09 bits per heavy atom. The van der Waals surface area contributed by atoms with Crippen molar-refractivity contribution < 1.29 is 19.0 Å². The van der Waals surface area contributed by atoms with Crippen molar-refractivity contribution in [1.29, 1.82) is 5.41 Å². The van der Waals surface area contributed by atoms with Crippen LogP contribution in [0.4, 0.5) is 16.0 Å². The second-order valence-corrected chi connectivity index (χ2v) is 7.91. The predicted molar refractivity (Wildman–Crippen MR) is 124 cm³/mol. The first-order chi connectivity index (χ1) is 16.0. The maximum Gasteiger partial charge on any atom is 0.207 e. The average molecular weight is 452 g/mol. The number of nitrogens with two attached hydrogens (primary N) is 1. The van der Waals surface area contributed by atoms with E-state index in [2.05, 4.69) is 15.3 Å². The van der Waals surface area contributed by atoms with Crippen LogP contribution in [0, 0.1) is 11.2 Å². The van der Waals surface area contributed by atoms with E-state index < -0.39 is 5.82 Å². The van der Waals surface area contributed by atoms with Crippen molar-refractivity contribution in [3.63, 3.8) is 0 Å². The summed E-state index contributed by atoms with van der Waals surface area (Å²) in [6.07, 6.45) is 4.17. The third-order valence-electron chi connectivity index (χ3n) is 5.68. The Balaban J connectivity index is 1.53. The lowest BCUT2D eigenvalue weighted by molar-refractivity contribution is 0.126. The van der Waals surface area contributed by atoms with Gasteiger partial charge in [0.25, 0.3) is 0 Å². The van der Waals surface area contributed by atoms with Gasteiger partial charge in [0.05, 0.1) is 24.5 Å². The van der Waals surface area contributed by atoms with Crippen LogP contribution in [0.1, 0.15) is 36.8 Å². The monoisotopic (exact) mass is 451 g/mol. The first-order valence-corrected chi connectivity index (χ1v) is 10.7. The number of aromatic nitrogens is 2. The standard InChI is InChI=1S/C24H26FN5O3/c1-32-18-3-2-4-19(21(18)25)33-17-11-5-14(6-12-17)22(26)20-23(27)28-13-29-24(20)30-15-7-9-16(31)10-8-15/h2-6,11-13,15-16,26,31H,7-10H2,1H3,(H3,27,28,29,30). The van der Waals surface area contributed by atoms with Gasteiger partial charge >= 0.3 is 0 Å². The lowest BCUT2D eigenvalue weighted by Gasteiger charge is -2.27. The molecule has 2 aromatic carbocycles. The molecule has 1 aliphatic carbocycles. The van der Waals surface area contributed by atoms with Crippen LogP contribution in [0.15, 0.2) is 48.8 Å². The summed E-state index contributed by atoms with van der Waals surface area (Å²) in [4.78, 5) is 8.37. The van der Waals surface area contributed by atoms with E-state index in [0.717, 1.165) is 25.7 Å². The average Bonchev–Trinajstić information content (AvgIpc) is 2.82. The summed E-state index contributed by atoms with van der Waals surface area (Å²) in [5.74, 6) is 0.659. The number of rotatable bonds is 7. The molecule has 3 aromatic rings. The van der Waals surface area contributed by atoms with Gasteiger partial charge in [0.2, 0.25) is 5.82 Å². The number of anilines is 2. The molecule has 0 aliphatic heterocycles. The lowest BCUT2D eigenvalue weighted by Crippen LogP contribution is -2.29. The first kappa shape index (κ1) is 22.5. The highest BCUT2D eigenvalue weighted by atomic mass is 19.1. The molecular weight excluding hydrogens is 425 g/mol. The second kappa shape index (κ2) is 9.83. The highest BCUT2D eigenvalue weighted by molar-refractivity contribution is 6.16. The van der Waals surface area contributed by atoms with Crippen LogP contribution in [-0.2, 0) is 0 Å². The van der Waals surface area contributed by atoms with E-state index in [4.69, 9.17) is 20.6 Å². The van der Waals surface area contributed by atoms with E-state index in [1.165, 1.54) is 25.6 Å². The fraction of sp³-hybridized carbons (Fsp3) is 0.292. The molecule has 1 aromatic heterocycles. The van der Waals surface area contributed by atoms with Crippen molar-refractivity contribution >= 4 is 17.3 Å². The minimum atomic E-state index is -0.586. The summed E-state index contributed by atoms with van der Waals surface area (Å²) in [5, 5.41) is 21.8. The normalized spacial score (nSPS) is 17.9. The highest BCUT2D eigenvalue weighted by Crippen LogP contribution is 2.31. The minimum Gasteiger partial charge on any atom is -0.494 e. The summed E-state index contributed by atoms with van der Waals surface area (Å²) >= 11 is 0. The molecule has 0 spiro atoms. The molecule has 0 bridgehead atoms. The van der Waals surface area contributed by atoms with E-state index in [1.807, 2.05) is 0 Å². The molecular formula is C24H26FN5O3. The molecule has 8 nitrogen and oxygen atoms in total. The van der Waals surface area contributed by atoms with E-state index in [0.29, 0.717) is 22.7 Å². The fourth-order valence-electron chi connectivity index (χ4n) is 3.86. The zero-order valence-corrected chi connectivity index (χ0v) is 18.2. The van der Waals surface area contributed by atoms with Crippen molar-refractivity contribution in [3.8, 4) is 17.2 Å². The Labute approximate surface area is 191 Å². The third-order valence-corrected chi connectivity index (χ3v) is 5.68. The molecule has 1 fully saturated rings. The zero-order valence-electron chi connectivity index (χ0n) is 18.2. The molecule has 0 unspecified atom stereocenters. The molecule has 0 atom stereocenters. The topological polar surface area (TPSA) is 126 Å². The number of aliphatic hydroxyl groups is 1. The van der Waals surface area contributed by atoms with Crippen molar-refractivity contribution in [2.75, 3.05) is 18.2 Å². The van der Waals surface area contributed by atoms with Crippen molar-refractivity contribution in [2.24, 2.45) is 0 Å². The van der Waals surface area contributed by atoms with E-state index in [1.54, 1.807) is 30.3 Å². The quantitative estimate of drug-likeness (QED) is 0.398. The Morgan fingerprint density at radius 2 is 1.79 bits per heavy atom. The number of benzene rings is 2. The second-order valence-electron chi connectivity index (χ2n) is 7.91. The van der Waals surface area contributed by atoms with Gasteiger partial charge in [-0.25, -0.2) is 9.97 Å². The van der Waals surface area contributed by atoms with Gasteiger partial charge in [-0.1, -0.05) is 6.07 Å². The molecule has 9 heteroatoms. The molecule has 172 valence electrons. The number of nitrogen functional groups attached to an aromatic ring is 1. The lowest BCUT2D eigenvalue weighted by atomic mass is 9.93. The Kier molecular flexibility index (Phi) is 6.69. The van der Waals surface area contributed by atoms with Crippen LogP contribution < -0.4 is 20.5 Å². The van der Waals surface area contributed by atoms with Gasteiger partial charge in [0.1, 0.15) is 23.7 Å². The predicted octanol–water partition coefficient (Wildman–Crippen LogP) is 4.13. The van der Waals surface area contributed by atoms with Crippen LogP contribution >= 0.6 is 0 Å². The number of aliphatic hydroxyl groups excluding tert-OH is 1. The molecule has 0 saturated heterocycles. The number of ether oxygens (including phenoxy) is 2. The molecule has 0 amide bonds. The summed E-state index contributed by atoms with van der Waals surface area (Å²) in [7, 11) is 1.39. The number of hydrogen-bond acceptors (Lipinski definition) is 8. The number of nitrogens with one attached hydrogen (secondary N) is 2. The van der Waals surface area contributed by atoms with Crippen LogP contribution in [0.5, 0.6) is 17.2 Å². The fourth-order valence-corrected chi connectivity index (χ4v) is 3.86. The van der Waals surface area contributed by atoms with Crippen LogP contribution in [0.25, 0.3) is 0 Å². The largest absolute Gasteiger partial charge is 0.494 e. The minimum absolute atomic E-state index is 0.0435. The summed E-state index contributed by atoms with van der Waals surface area (Å²) in [6.45, 7) is 0. The number of halogens is 1. The van der Waals surface area contributed by atoms with Crippen molar-refractivity contribution in [1.82, 2.24) is 9.97 Å². The molecule has 5 N–H and O–H groups in total. The summed E-state index contributed by atoms with van der Waals surface area (Å²) in [6, 6.07) is 11.5. The van der Waals surface area contributed by atoms with Crippen molar-refractivity contribution in [2.45, 2.75) is 37.8 Å². The molecule has 1 aliphatic rings. The maximum atomic E-state index is 14.4. The summed E-state index contributed by atoms with van der Waals surface area (Å²) in [5.41, 5.74) is 7.26. The first-order valence-electron chi connectivity index (χ1n) is 10.7. The number of hydrogen-bond donors (Lipinski definition) is 4. The Morgan fingerprint density at radius 3 is 2.48 bits per heavy atom. The van der Waals surface area contributed by atoms with E-state index in [-0.39, 0.29) is 35.2 Å². The van der Waals surface area contributed by atoms with Gasteiger partial charge in [0, 0.05) is 11.6 Å². The van der Waals surface area contributed by atoms with Crippen LogP contribution in [-0.4, -0.2) is 40.0 Å². The Bertz CT molecular complexity index is 1130. The van der Waals surface area contributed by atoms with Gasteiger partial charge in [-0.15, -0.1) is 0 Å². The third kappa shape index (κ3) is 5.04. The smallest absolute Gasteiger partial charge is 0.207 e. The summed E-state index contributed by atoms with van der Waals surface area (Å²) < 4.78 is 25.0. The Hall–Kier alpha value is -3.72. The van der Waals surface area contributed by atoms with Crippen molar-refractivity contribution in [3.05, 3.63) is 65.7 Å². The maximum absolute atomic E-state index is 14.4. The van der Waals surface area contributed by atoms with Crippen LogP contribution in [0.2, 0.25) is 0 Å². The molecule has 1 saturated carbocycles.